The number of nitrogens with zero attached hydrogens (tertiary/aromatic N) is 1. The van der Waals surface area contributed by atoms with E-state index >= 15 is 0 Å². The van der Waals surface area contributed by atoms with E-state index in [9.17, 15) is 13.2 Å². The predicted molar refractivity (Wildman–Crippen MR) is 112 cm³/mol. The van der Waals surface area contributed by atoms with Gasteiger partial charge in [0.15, 0.2) is 0 Å². The molecule has 3 aromatic rings. The standard InChI is InChI=1S/C20H22N2O3S2/c1-3-22(27(2,24)25)17-9-10-18-16(13-17)14-19(26-18)20(23)21-12-11-15-7-5-4-6-8-15/h4-10,13-14H,3,11-12H2,1-2H3,(H,21,23). The molecule has 0 saturated carbocycles. The molecular formula is C20H22N2O3S2. The van der Waals surface area contributed by atoms with Crippen LogP contribution in [0.2, 0.25) is 0 Å². The van der Waals surface area contributed by atoms with Crippen molar-refractivity contribution in [1.29, 1.82) is 0 Å². The van der Waals surface area contributed by atoms with Crippen LogP contribution in [0.1, 0.15) is 22.2 Å². The lowest BCUT2D eigenvalue weighted by molar-refractivity contribution is 0.0958. The molecule has 2 aromatic carbocycles. The first-order valence-electron chi connectivity index (χ1n) is 8.72. The first-order chi connectivity index (χ1) is 12.9. The summed E-state index contributed by atoms with van der Waals surface area (Å²) in [5, 5.41) is 3.81. The van der Waals surface area contributed by atoms with Crippen LogP contribution in [-0.4, -0.2) is 33.7 Å². The summed E-state index contributed by atoms with van der Waals surface area (Å²) >= 11 is 1.41. The quantitative estimate of drug-likeness (QED) is 0.656. The van der Waals surface area contributed by atoms with Gasteiger partial charge >= 0.3 is 0 Å². The molecule has 3 rings (SSSR count). The molecule has 0 unspecified atom stereocenters. The summed E-state index contributed by atoms with van der Waals surface area (Å²) in [4.78, 5) is 13.1. The zero-order valence-corrected chi connectivity index (χ0v) is 16.9. The topological polar surface area (TPSA) is 66.5 Å². The highest BCUT2D eigenvalue weighted by Gasteiger charge is 2.17. The van der Waals surface area contributed by atoms with Crippen molar-refractivity contribution in [3.63, 3.8) is 0 Å². The van der Waals surface area contributed by atoms with Gasteiger partial charge in [-0.1, -0.05) is 30.3 Å². The number of benzene rings is 2. The van der Waals surface area contributed by atoms with E-state index in [1.165, 1.54) is 27.5 Å². The van der Waals surface area contributed by atoms with E-state index in [0.717, 1.165) is 16.5 Å². The predicted octanol–water partition coefficient (Wildman–Crippen LogP) is 3.66. The van der Waals surface area contributed by atoms with Gasteiger partial charge in [0.2, 0.25) is 10.0 Å². The minimum Gasteiger partial charge on any atom is -0.351 e. The maximum atomic E-state index is 12.4. The van der Waals surface area contributed by atoms with E-state index in [1.54, 1.807) is 13.0 Å². The Labute approximate surface area is 163 Å². The lowest BCUT2D eigenvalue weighted by Gasteiger charge is -2.20. The maximum Gasteiger partial charge on any atom is 0.261 e. The lowest BCUT2D eigenvalue weighted by Crippen LogP contribution is -2.29. The molecule has 7 heteroatoms. The second-order valence-electron chi connectivity index (χ2n) is 6.25. The van der Waals surface area contributed by atoms with Crippen LogP contribution in [0.5, 0.6) is 0 Å². The molecule has 27 heavy (non-hydrogen) atoms. The lowest BCUT2D eigenvalue weighted by atomic mass is 10.1. The van der Waals surface area contributed by atoms with Gasteiger partial charge in [0.05, 0.1) is 16.8 Å². The number of fused-ring (bicyclic) bond motifs is 1. The van der Waals surface area contributed by atoms with E-state index in [4.69, 9.17) is 0 Å². The Bertz CT molecular complexity index is 1040. The van der Waals surface area contributed by atoms with Crippen LogP contribution in [0.15, 0.2) is 54.6 Å². The number of hydrogen-bond donors (Lipinski definition) is 1. The van der Waals surface area contributed by atoms with E-state index in [0.29, 0.717) is 23.7 Å². The molecular weight excluding hydrogens is 380 g/mol. The Morgan fingerprint density at radius 3 is 2.52 bits per heavy atom. The molecule has 142 valence electrons. The molecule has 0 saturated heterocycles. The number of hydrogen-bond acceptors (Lipinski definition) is 4. The molecule has 0 atom stereocenters. The Balaban J connectivity index is 1.73. The monoisotopic (exact) mass is 402 g/mol. The zero-order chi connectivity index (χ0) is 19.4. The van der Waals surface area contributed by atoms with Gasteiger partial charge in [-0.15, -0.1) is 11.3 Å². The summed E-state index contributed by atoms with van der Waals surface area (Å²) in [6.07, 6.45) is 1.97. The van der Waals surface area contributed by atoms with Crippen molar-refractivity contribution in [1.82, 2.24) is 5.32 Å². The average molecular weight is 403 g/mol. The highest BCUT2D eigenvalue weighted by Crippen LogP contribution is 2.30. The highest BCUT2D eigenvalue weighted by molar-refractivity contribution is 7.92. The van der Waals surface area contributed by atoms with E-state index < -0.39 is 10.0 Å². The smallest absolute Gasteiger partial charge is 0.261 e. The summed E-state index contributed by atoms with van der Waals surface area (Å²) in [7, 11) is -3.33. The normalized spacial score (nSPS) is 11.5. The average Bonchev–Trinajstić information content (AvgIpc) is 3.05. The van der Waals surface area contributed by atoms with Gasteiger partial charge in [-0.05, 0) is 48.6 Å². The van der Waals surface area contributed by atoms with Crippen LogP contribution in [-0.2, 0) is 16.4 Å². The van der Waals surface area contributed by atoms with Crippen molar-refractivity contribution < 1.29 is 13.2 Å². The number of rotatable bonds is 7. The molecule has 1 aromatic heterocycles. The maximum absolute atomic E-state index is 12.4. The van der Waals surface area contributed by atoms with Gasteiger partial charge in [0, 0.05) is 17.8 Å². The van der Waals surface area contributed by atoms with Crippen LogP contribution in [0.3, 0.4) is 0 Å². The molecule has 0 aliphatic rings. The number of nitrogens with one attached hydrogen (secondary N) is 1. The first kappa shape index (κ1) is 19.4. The van der Waals surface area contributed by atoms with Crippen LogP contribution in [0.25, 0.3) is 10.1 Å². The van der Waals surface area contributed by atoms with Gasteiger partial charge in [-0.25, -0.2) is 8.42 Å². The fourth-order valence-electron chi connectivity index (χ4n) is 2.96. The molecule has 1 N–H and O–H groups in total. The van der Waals surface area contributed by atoms with Crippen molar-refractivity contribution >= 4 is 43.0 Å². The van der Waals surface area contributed by atoms with Crippen molar-refractivity contribution in [2.75, 3.05) is 23.7 Å². The number of carbonyl (C=O) groups excluding carboxylic acids is 1. The minimum absolute atomic E-state index is 0.107. The van der Waals surface area contributed by atoms with E-state index in [-0.39, 0.29) is 5.91 Å². The van der Waals surface area contributed by atoms with Crippen LogP contribution in [0, 0.1) is 0 Å². The molecule has 0 fully saturated rings. The number of carbonyl (C=O) groups is 1. The number of amides is 1. The zero-order valence-electron chi connectivity index (χ0n) is 15.3. The highest BCUT2D eigenvalue weighted by atomic mass is 32.2. The Morgan fingerprint density at radius 1 is 1.11 bits per heavy atom. The molecule has 0 aliphatic heterocycles. The molecule has 0 aliphatic carbocycles. The van der Waals surface area contributed by atoms with Crippen molar-refractivity contribution in [3.05, 3.63) is 65.0 Å². The Morgan fingerprint density at radius 2 is 1.85 bits per heavy atom. The van der Waals surface area contributed by atoms with Crippen molar-refractivity contribution in [2.24, 2.45) is 0 Å². The SMILES string of the molecule is CCN(c1ccc2sc(C(=O)NCCc3ccccc3)cc2c1)S(C)(=O)=O. The van der Waals surface area contributed by atoms with Gasteiger partial charge < -0.3 is 5.32 Å². The number of thiophene rings is 1. The second kappa shape index (κ2) is 8.10. The van der Waals surface area contributed by atoms with Gasteiger partial charge in [0.25, 0.3) is 5.91 Å². The third-order valence-corrected chi connectivity index (χ3v) is 6.63. The summed E-state index contributed by atoms with van der Waals surface area (Å²) in [6, 6.07) is 17.3. The largest absolute Gasteiger partial charge is 0.351 e. The van der Waals surface area contributed by atoms with Crippen LogP contribution >= 0.6 is 11.3 Å². The van der Waals surface area contributed by atoms with E-state index in [2.05, 4.69) is 5.32 Å². The molecule has 1 heterocycles. The summed E-state index contributed by atoms with van der Waals surface area (Å²) < 4.78 is 26.1. The first-order valence-corrected chi connectivity index (χ1v) is 11.4. The van der Waals surface area contributed by atoms with Crippen LogP contribution < -0.4 is 9.62 Å². The fourth-order valence-corrected chi connectivity index (χ4v) is 4.88. The number of sulfonamides is 1. The molecule has 0 bridgehead atoms. The Hall–Kier alpha value is -2.38. The van der Waals surface area contributed by atoms with Crippen molar-refractivity contribution in [2.45, 2.75) is 13.3 Å². The third kappa shape index (κ3) is 4.67. The van der Waals surface area contributed by atoms with Crippen molar-refractivity contribution in [3.8, 4) is 0 Å². The van der Waals surface area contributed by atoms with Gasteiger partial charge in [-0.3, -0.25) is 9.10 Å². The fraction of sp³-hybridized carbons (Fsp3) is 0.250. The van der Waals surface area contributed by atoms with Crippen LogP contribution in [0.4, 0.5) is 5.69 Å². The third-order valence-electron chi connectivity index (χ3n) is 4.24. The summed E-state index contributed by atoms with van der Waals surface area (Å²) in [5.41, 5.74) is 1.79. The second-order valence-corrected chi connectivity index (χ2v) is 9.24. The Kier molecular flexibility index (Phi) is 5.82. The van der Waals surface area contributed by atoms with Gasteiger partial charge in [0.1, 0.15) is 0 Å². The summed E-state index contributed by atoms with van der Waals surface area (Å²) in [6.45, 7) is 2.73. The molecule has 5 nitrogen and oxygen atoms in total. The molecule has 1 amide bonds. The van der Waals surface area contributed by atoms with Gasteiger partial charge in [-0.2, -0.15) is 0 Å². The summed E-state index contributed by atoms with van der Waals surface area (Å²) in [5.74, 6) is -0.107. The molecule has 0 radical (unpaired) electrons. The molecule has 0 spiro atoms. The minimum atomic E-state index is -3.33. The number of anilines is 1. The van der Waals surface area contributed by atoms with E-state index in [1.807, 2.05) is 48.5 Å².